The molecule has 0 saturated carbocycles. The molecule has 5 heteroatoms. The molecule has 1 amide bonds. The average Bonchev–Trinajstić information content (AvgIpc) is 2.53. The van der Waals surface area contributed by atoms with Crippen molar-refractivity contribution in [3.05, 3.63) is 34.0 Å². The maximum atomic E-state index is 12.5. The number of ether oxygens (including phenoxy) is 1. The third-order valence-electron chi connectivity index (χ3n) is 4.65. The van der Waals surface area contributed by atoms with E-state index in [9.17, 15) is 10.0 Å². The van der Waals surface area contributed by atoms with Crippen LogP contribution in [-0.4, -0.2) is 29.1 Å². The minimum absolute atomic E-state index is 0.266. The molecule has 0 fully saturated rings. The van der Waals surface area contributed by atoms with Crippen molar-refractivity contribution in [2.24, 2.45) is 0 Å². The van der Waals surface area contributed by atoms with Gasteiger partial charge in [-0.15, -0.1) is 0 Å². The Hall–Kier alpha value is -2.04. The van der Waals surface area contributed by atoms with E-state index < -0.39 is 11.6 Å². The van der Waals surface area contributed by atoms with Crippen LogP contribution in [0.15, 0.2) is 12.1 Å². The third kappa shape index (κ3) is 7.37. The lowest BCUT2D eigenvalue weighted by molar-refractivity contribution is -0.530. The van der Waals surface area contributed by atoms with Crippen LogP contribution in [0.5, 0.6) is 5.75 Å². The molecular formula is C24H40N2O3. The first-order valence-electron chi connectivity index (χ1n) is 10.5. The Balaban J connectivity index is 3.59. The van der Waals surface area contributed by atoms with Gasteiger partial charge in [0.25, 0.3) is 0 Å². The zero-order valence-electron chi connectivity index (χ0n) is 20.0. The number of carbonyl (C=O) groups excluding carboxylic acids is 1. The van der Waals surface area contributed by atoms with E-state index in [-0.39, 0.29) is 10.8 Å². The molecule has 0 atom stereocenters. The first-order valence-corrected chi connectivity index (χ1v) is 10.5. The standard InChI is InChI=1S/C24H40N2O3/c1-11-12-13-25-21(27)29-20-18(22(2,3)4)14-17(15-19(20)23(5,6)7)16-26(28)24(8,9)10/h14-16H,11-13H2,1-10H3,(H,25,27). The Morgan fingerprint density at radius 2 is 1.52 bits per heavy atom. The summed E-state index contributed by atoms with van der Waals surface area (Å²) in [5.41, 5.74) is 1.56. The number of unbranched alkanes of at least 4 members (excludes halogenated alkanes) is 1. The van der Waals surface area contributed by atoms with E-state index in [1.807, 2.05) is 32.9 Å². The smallest absolute Gasteiger partial charge is 0.412 e. The van der Waals surface area contributed by atoms with Crippen molar-refractivity contribution in [1.29, 1.82) is 0 Å². The fourth-order valence-corrected chi connectivity index (χ4v) is 2.77. The fourth-order valence-electron chi connectivity index (χ4n) is 2.77. The van der Waals surface area contributed by atoms with E-state index in [0.29, 0.717) is 12.3 Å². The van der Waals surface area contributed by atoms with Gasteiger partial charge in [0.05, 0.1) is 0 Å². The highest BCUT2D eigenvalue weighted by atomic mass is 16.6. The summed E-state index contributed by atoms with van der Waals surface area (Å²) < 4.78 is 6.82. The summed E-state index contributed by atoms with van der Waals surface area (Å²) in [6, 6.07) is 3.92. The van der Waals surface area contributed by atoms with Crippen molar-refractivity contribution in [2.75, 3.05) is 6.54 Å². The molecule has 5 nitrogen and oxygen atoms in total. The van der Waals surface area contributed by atoms with Crippen LogP contribution in [0.4, 0.5) is 4.79 Å². The minimum atomic E-state index is -0.530. The van der Waals surface area contributed by atoms with Gasteiger partial charge in [-0.25, -0.2) is 9.53 Å². The molecule has 0 heterocycles. The summed E-state index contributed by atoms with van der Waals surface area (Å²) in [4.78, 5) is 12.4. The third-order valence-corrected chi connectivity index (χ3v) is 4.65. The number of amides is 1. The minimum Gasteiger partial charge on any atom is -0.623 e. The molecule has 0 aromatic heterocycles. The van der Waals surface area contributed by atoms with Crippen LogP contribution in [-0.2, 0) is 10.8 Å². The van der Waals surface area contributed by atoms with Crippen molar-refractivity contribution in [3.8, 4) is 5.75 Å². The highest BCUT2D eigenvalue weighted by molar-refractivity contribution is 5.79. The Kier molecular flexibility index (Phi) is 7.92. The maximum Gasteiger partial charge on any atom is 0.412 e. The molecule has 164 valence electrons. The van der Waals surface area contributed by atoms with Crippen LogP contribution in [0.2, 0.25) is 0 Å². The van der Waals surface area contributed by atoms with Crippen LogP contribution >= 0.6 is 0 Å². The quantitative estimate of drug-likeness (QED) is 0.218. The largest absolute Gasteiger partial charge is 0.623 e. The second-order valence-corrected chi connectivity index (χ2v) is 10.7. The SMILES string of the molecule is CCCCNC(=O)Oc1c(C(C)(C)C)cc(C=[N+]([O-])C(C)(C)C)cc1C(C)(C)C. The number of hydroxylamine groups is 1. The zero-order valence-corrected chi connectivity index (χ0v) is 20.0. The van der Waals surface area contributed by atoms with E-state index >= 15 is 0 Å². The molecule has 1 rings (SSSR count). The van der Waals surface area contributed by atoms with E-state index in [1.54, 1.807) is 6.21 Å². The molecule has 0 spiro atoms. The van der Waals surface area contributed by atoms with Crippen LogP contribution in [0, 0.1) is 5.21 Å². The van der Waals surface area contributed by atoms with E-state index in [4.69, 9.17) is 4.74 Å². The van der Waals surface area contributed by atoms with Gasteiger partial charge < -0.3 is 15.3 Å². The molecule has 0 aliphatic heterocycles. The summed E-state index contributed by atoms with van der Waals surface area (Å²) in [5, 5.41) is 15.4. The second-order valence-electron chi connectivity index (χ2n) is 10.7. The molecule has 0 aliphatic carbocycles. The average molecular weight is 405 g/mol. The summed E-state index contributed by atoms with van der Waals surface area (Å²) in [6.45, 7) is 20.8. The zero-order chi connectivity index (χ0) is 22.6. The molecule has 0 bridgehead atoms. The summed E-state index contributed by atoms with van der Waals surface area (Å²) in [7, 11) is 0. The van der Waals surface area contributed by atoms with Crippen LogP contribution in [0.1, 0.15) is 98.8 Å². The van der Waals surface area contributed by atoms with Gasteiger partial charge in [0.1, 0.15) is 5.75 Å². The first kappa shape index (κ1) is 25.0. The van der Waals surface area contributed by atoms with Crippen LogP contribution < -0.4 is 10.1 Å². The van der Waals surface area contributed by atoms with Crippen LogP contribution in [0.25, 0.3) is 0 Å². The van der Waals surface area contributed by atoms with Gasteiger partial charge in [-0.05, 0) is 29.4 Å². The molecule has 29 heavy (non-hydrogen) atoms. The Morgan fingerprint density at radius 3 is 1.90 bits per heavy atom. The molecule has 1 N–H and O–H groups in total. The number of hydrogen-bond donors (Lipinski definition) is 1. The second kappa shape index (κ2) is 9.19. The number of nitrogens with zero attached hydrogens (tertiary/aromatic N) is 1. The Morgan fingerprint density at radius 1 is 1.03 bits per heavy atom. The maximum absolute atomic E-state index is 12.5. The molecule has 1 aromatic carbocycles. The molecule has 0 radical (unpaired) electrons. The van der Waals surface area contributed by atoms with Crippen LogP contribution in [0.3, 0.4) is 0 Å². The molecular weight excluding hydrogens is 364 g/mol. The summed E-state index contributed by atoms with van der Waals surface area (Å²) in [5.74, 6) is 0.587. The lowest BCUT2D eigenvalue weighted by Gasteiger charge is -2.29. The molecule has 0 unspecified atom stereocenters. The lowest BCUT2D eigenvalue weighted by Crippen LogP contribution is -2.31. The predicted octanol–water partition coefficient (Wildman–Crippen LogP) is 5.90. The van der Waals surface area contributed by atoms with Gasteiger partial charge in [0.15, 0.2) is 11.8 Å². The topological polar surface area (TPSA) is 64.4 Å². The Labute approximate surface area is 177 Å². The van der Waals surface area contributed by atoms with Crippen molar-refractivity contribution in [3.63, 3.8) is 0 Å². The number of hydrogen-bond acceptors (Lipinski definition) is 3. The number of nitrogens with one attached hydrogen (secondary N) is 1. The predicted molar refractivity (Wildman–Crippen MR) is 121 cm³/mol. The van der Waals surface area contributed by atoms with Crippen molar-refractivity contribution < 1.29 is 14.3 Å². The van der Waals surface area contributed by atoms with E-state index in [2.05, 4.69) is 53.8 Å². The fraction of sp³-hybridized carbons (Fsp3) is 0.667. The summed E-state index contributed by atoms with van der Waals surface area (Å²) >= 11 is 0. The van der Waals surface area contributed by atoms with Gasteiger partial charge in [-0.1, -0.05) is 54.9 Å². The molecule has 0 aliphatic rings. The molecule has 0 saturated heterocycles. The number of benzene rings is 1. The van der Waals surface area contributed by atoms with Gasteiger partial charge in [0.2, 0.25) is 0 Å². The number of rotatable bonds is 5. The molecule has 1 aromatic rings. The normalized spacial score (nSPS) is 13.4. The summed E-state index contributed by atoms with van der Waals surface area (Å²) in [6.07, 6.45) is 3.10. The van der Waals surface area contributed by atoms with Gasteiger partial charge in [-0.3, -0.25) is 0 Å². The first-order chi connectivity index (χ1) is 13.1. The number of carbonyl (C=O) groups is 1. The highest BCUT2D eigenvalue weighted by Gasteiger charge is 2.30. The lowest BCUT2D eigenvalue weighted by atomic mass is 9.78. The van der Waals surface area contributed by atoms with Crippen molar-refractivity contribution in [1.82, 2.24) is 5.32 Å². The van der Waals surface area contributed by atoms with Gasteiger partial charge in [0, 0.05) is 44.0 Å². The van der Waals surface area contributed by atoms with Crippen molar-refractivity contribution in [2.45, 2.75) is 98.4 Å². The Bertz CT molecular complexity index is 710. The van der Waals surface area contributed by atoms with Gasteiger partial charge in [-0.2, -0.15) is 0 Å². The van der Waals surface area contributed by atoms with E-state index in [1.165, 1.54) is 0 Å². The highest BCUT2D eigenvalue weighted by Crippen LogP contribution is 2.40. The van der Waals surface area contributed by atoms with Gasteiger partial charge >= 0.3 is 6.09 Å². The van der Waals surface area contributed by atoms with Crippen molar-refractivity contribution >= 4 is 12.3 Å². The monoisotopic (exact) mass is 404 g/mol. The van der Waals surface area contributed by atoms with E-state index in [0.717, 1.165) is 34.3 Å².